The van der Waals surface area contributed by atoms with Gasteiger partial charge in [-0.3, -0.25) is 9.59 Å². The number of nitriles is 1. The Kier molecular flexibility index (Phi) is 5.11. The Morgan fingerprint density at radius 2 is 1.43 bits per heavy atom. The third kappa shape index (κ3) is 4.97. The summed E-state index contributed by atoms with van der Waals surface area (Å²) in [5.41, 5.74) is 3.83. The summed E-state index contributed by atoms with van der Waals surface area (Å²) in [5.74, 6) is -0.780. The minimum atomic E-state index is -0.406. The van der Waals surface area contributed by atoms with Crippen LogP contribution in [0.1, 0.15) is 23.1 Å². The highest BCUT2D eigenvalue weighted by Crippen LogP contribution is 2.14. The Hall–Kier alpha value is -3.13. The number of hydrogen-bond acceptors (Lipinski definition) is 3. The Labute approximate surface area is 134 Å². The predicted octanol–water partition coefficient (Wildman–Crippen LogP) is 3.14. The smallest absolute Gasteiger partial charge is 0.233 e. The molecular weight excluding hydrogens is 290 g/mol. The molecule has 23 heavy (non-hydrogen) atoms. The molecule has 2 rings (SSSR count). The summed E-state index contributed by atoms with van der Waals surface area (Å²) in [5, 5.41) is 14.1. The molecular formula is C18H17N3O2. The average Bonchev–Trinajstić information content (AvgIpc) is 2.46. The highest BCUT2D eigenvalue weighted by molar-refractivity contribution is 6.08. The summed E-state index contributed by atoms with van der Waals surface area (Å²) in [6, 6.07) is 14.2. The lowest BCUT2D eigenvalue weighted by Gasteiger charge is -2.08. The van der Waals surface area contributed by atoms with Crippen LogP contribution in [0.3, 0.4) is 0 Å². The first kappa shape index (κ1) is 16.2. The minimum Gasteiger partial charge on any atom is -0.326 e. The van der Waals surface area contributed by atoms with Gasteiger partial charge in [-0.2, -0.15) is 5.26 Å². The van der Waals surface area contributed by atoms with E-state index in [1.54, 1.807) is 24.3 Å². The molecule has 5 nitrogen and oxygen atoms in total. The number of anilines is 2. The second-order valence-electron chi connectivity index (χ2n) is 5.34. The van der Waals surface area contributed by atoms with Crippen molar-refractivity contribution in [2.24, 2.45) is 0 Å². The molecule has 5 heteroatoms. The molecule has 2 amide bonds. The molecule has 0 heterocycles. The van der Waals surface area contributed by atoms with Gasteiger partial charge in [-0.25, -0.2) is 0 Å². The van der Waals surface area contributed by atoms with Crippen LogP contribution in [-0.2, 0) is 9.59 Å². The van der Waals surface area contributed by atoms with Crippen LogP contribution in [0.4, 0.5) is 11.4 Å². The molecule has 0 atom stereocenters. The first-order valence-electron chi connectivity index (χ1n) is 7.14. The van der Waals surface area contributed by atoms with E-state index in [-0.39, 0.29) is 12.3 Å². The first-order valence-corrected chi connectivity index (χ1v) is 7.14. The van der Waals surface area contributed by atoms with Crippen molar-refractivity contribution in [3.8, 4) is 6.07 Å². The second-order valence-corrected chi connectivity index (χ2v) is 5.34. The summed E-state index contributed by atoms with van der Waals surface area (Å²) < 4.78 is 0. The zero-order valence-electron chi connectivity index (χ0n) is 13.0. The summed E-state index contributed by atoms with van der Waals surface area (Å²) in [6.07, 6.45) is -0.271. The van der Waals surface area contributed by atoms with Gasteiger partial charge in [-0.1, -0.05) is 6.07 Å². The van der Waals surface area contributed by atoms with Crippen LogP contribution in [0.25, 0.3) is 0 Å². The quantitative estimate of drug-likeness (QED) is 0.851. The Morgan fingerprint density at radius 1 is 0.913 bits per heavy atom. The van der Waals surface area contributed by atoms with Crippen molar-refractivity contribution in [1.82, 2.24) is 0 Å². The van der Waals surface area contributed by atoms with E-state index < -0.39 is 5.91 Å². The number of benzene rings is 2. The Balaban J connectivity index is 1.91. The second kappa shape index (κ2) is 7.23. The lowest BCUT2D eigenvalue weighted by Crippen LogP contribution is -2.21. The van der Waals surface area contributed by atoms with Crippen molar-refractivity contribution in [1.29, 1.82) is 5.26 Å². The largest absolute Gasteiger partial charge is 0.326 e. The molecule has 0 fully saturated rings. The zero-order chi connectivity index (χ0) is 16.8. The van der Waals surface area contributed by atoms with Crippen LogP contribution in [0.5, 0.6) is 0 Å². The number of nitrogens with zero attached hydrogens (tertiary/aromatic N) is 1. The van der Waals surface area contributed by atoms with E-state index in [1.807, 2.05) is 38.1 Å². The van der Waals surface area contributed by atoms with Crippen molar-refractivity contribution in [3.05, 3.63) is 59.2 Å². The van der Waals surface area contributed by atoms with E-state index in [9.17, 15) is 9.59 Å². The topological polar surface area (TPSA) is 82.0 Å². The molecule has 0 spiro atoms. The number of nitrogens with one attached hydrogen (secondary N) is 2. The van der Waals surface area contributed by atoms with Gasteiger partial charge in [0, 0.05) is 11.4 Å². The molecule has 2 aromatic rings. The van der Waals surface area contributed by atoms with E-state index in [0.717, 1.165) is 11.1 Å². The zero-order valence-corrected chi connectivity index (χ0v) is 13.0. The molecule has 2 aromatic carbocycles. The van der Waals surface area contributed by atoms with Gasteiger partial charge >= 0.3 is 0 Å². The highest BCUT2D eigenvalue weighted by Gasteiger charge is 2.10. The van der Waals surface area contributed by atoms with Crippen molar-refractivity contribution >= 4 is 23.2 Å². The number of hydrogen-bond donors (Lipinski definition) is 2. The predicted molar refractivity (Wildman–Crippen MR) is 88.9 cm³/mol. The van der Waals surface area contributed by atoms with Crippen LogP contribution in [0, 0.1) is 25.2 Å². The average molecular weight is 307 g/mol. The molecule has 0 aliphatic heterocycles. The van der Waals surface area contributed by atoms with Gasteiger partial charge in [0.1, 0.15) is 6.42 Å². The highest BCUT2D eigenvalue weighted by atomic mass is 16.2. The molecule has 0 radical (unpaired) electrons. The Bertz CT molecular complexity index is 754. The third-order valence-corrected chi connectivity index (χ3v) is 3.12. The molecule has 0 aromatic heterocycles. The van der Waals surface area contributed by atoms with Gasteiger partial charge in [-0.05, 0) is 61.4 Å². The maximum atomic E-state index is 11.9. The lowest BCUT2D eigenvalue weighted by atomic mass is 10.1. The molecule has 116 valence electrons. The van der Waals surface area contributed by atoms with Crippen molar-refractivity contribution in [3.63, 3.8) is 0 Å². The summed E-state index contributed by atoms with van der Waals surface area (Å²) in [7, 11) is 0. The number of aryl methyl sites for hydroxylation is 2. The van der Waals surface area contributed by atoms with E-state index in [1.165, 1.54) is 0 Å². The van der Waals surface area contributed by atoms with Gasteiger partial charge in [0.2, 0.25) is 11.8 Å². The van der Waals surface area contributed by atoms with Gasteiger partial charge in [0.25, 0.3) is 0 Å². The number of carbonyl (C=O) groups excluding carboxylic acids is 2. The number of rotatable bonds is 4. The van der Waals surface area contributed by atoms with Crippen LogP contribution in [-0.4, -0.2) is 11.8 Å². The fourth-order valence-corrected chi connectivity index (χ4v) is 2.23. The Morgan fingerprint density at radius 3 is 1.96 bits per heavy atom. The van der Waals surface area contributed by atoms with Crippen molar-refractivity contribution < 1.29 is 9.59 Å². The molecule has 0 saturated carbocycles. The first-order chi connectivity index (χ1) is 11.0. The van der Waals surface area contributed by atoms with Crippen LogP contribution in [0.15, 0.2) is 42.5 Å². The van der Waals surface area contributed by atoms with Crippen molar-refractivity contribution in [2.75, 3.05) is 10.6 Å². The van der Waals surface area contributed by atoms with Gasteiger partial charge < -0.3 is 10.6 Å². The fourth-order valence-electron chi connectivity index (χ4n) is 2.23. The van der Waals surface area contributed by atoms with Gasteiger partial charge in [0.15, 0.2) is 0 Å². The van der Waals surface area contributed by atoms with E-state index in [4.69, 9.17) is 5.26 Å². The maximum Gasteiger partial charge on any atom is 0.233 e. The minimum absolute atomic E-state index is 0.271. The summed E-state index contributed by atoms with van der Waals surface area (Å²) in [4.78, 5) is 23.8. The third-order valence-electron chi connectivity index (χ3n) is 3.12. The monoisotopic (exact) mass is 307 g/mol. The molecule has 0 aliphatic rings. The van der Waals surface area contributed by atoms with E-state index in [0.29, 0.717) is 16.9 Å². The van der Waals surface area contributed by atoms with E-state index >= 15 is 0 Å². The molecule has 0 unspecified atom stereocenters. The van der Waals surface area contributed by atoms with Gasteiger partial charge in [-0.15, -0.1) is 0 Å². The lowest BCUT2D eigenvalue weighted by molar-refractivity contribution is -0.123. The van der Waals surface area contributed by atoms with Crippen molar-refractivity contribution in [2.45, 2.75) is 20.3 Å². The number of amides is 2. The molecule has 0 aliphatic carbocycles. The van der Waals surface area contributed by atoms with Crippen LogP contribution in [0.2, 0.25) is 0 Å². The fraction of sp³-hybridized carbons (Fsp3) is 0.167. The van der Waals surface area contributed by atoms with Crippen LogP contribution < -0.4 is 10.6 Å². The molecule has 0 saturated heterocycles. The molecule has 2 N–H and O–H groups in total. The normalized spacial score (nSPS) is 9.78. The summed E-state index contributed by atoms with van der Waals surface area (Å²) in [6.45, 7) is 3.89. The summed E-state index contributed by atoms with van der Waals surface area (Å²) >= 11 is 0. The molecule has 0 bridgehead atoms. The SMILES string of the molecule is Cc1cc(C)cc(NC(=O)CC(=O)Nc2ccc(C#N)cc2)c1. The van der Waals surface area contributed by atoms with E-state index in [2.05, 4.69) is 10.6 Å². The maximum absolute atomic E-state index is 11.9. The standard InChI is InChI=1S/C18H17N3O2/c1-12-7-13(2)9-16(8-12)21-18(23)10-17(22)20-15-5-3-14(11-19)4-6-15/h3-9H,10H2,1-2H3,(H,20,22)(H,21,23). The van der Waals surface area contributed by atoms with Crippen LogP contribution >= 0.6 is 0 Å². The number of carbonyl (C=O) groups is 2. The van der Waals surface area contributed by atoms with Gasteiger partial charge in [0.05, 0.1) is 11.6 Å².